The number of ether oxygens (including phenoxy) is 1. The largest absolute Gasteiger partial charge is 0.378 e. The van der Waals surface area contributed by atoms with Gasteiger partial charge in [0.2, 0.25) is 5.91 Å². The Morgan fingerprint density at radius 1 is 1.23 bits per heavy atom. The van der Waals surface area contributed by atoms with Crippen LogP contribution in [0.2, 0.25) is 10.0 Å². The molecule has 154 valence electrons. The van der Waals surface area contributed by atoms with Crippen molar-refractivity contribution in [2.24, 2.45) is 0 Å². The van der Waals surface area contributed by atoms with E-state index in [4.69, 9.17) is 27.9 Å². The topological polar surface area (TPSA) is 85.2 Å². The summed E-state index contributed by atoms with van der Waals surface area (Å²) in [6.07, 6.45) is -0.107. The number of benzene rings is 2. The number of carbonyl (C=O) groups is 2. The lowest BCUT2D eigenvalue weighted by Gasteiger charge is -2.11. The Morgan fingerprint density at radius 3 is 2.73 bits per heavy atom. The molecule has 0 aliphatic carbocycles. The van der Waals surface area contributed by atoms with Crippen LogP contribution in [0.5, 0.6) is 0 Å². The lowest BCUT2D eigenvalue weighted by molar-refractivity contribution is -0.123. The molecule has 7 nitrogen and oxygen atoms in total. The Hall–Kier alpha value is -2.87. The van der Waals surface area contributed by atoms with Gasteiger partial charge in [-0.2, -0.15) is 5.10 Å². The van der Waals surface area contributed by atoms with Gasteiger partial charge in [-0.1, -0.05) is 53.5 Å². The van der Waals surface area contributed by atoms with Gasteiger partial charge in [0, 0.05) is 17.7 Å². The molecule has 0 radical (unpaired) electrons. The Balaban J connectivity index is 1.62. The third kappa shape index (κ3) is 3.92. The minimum Gasteiger partial charge on any atom is -0.378 e. The van der Waals surface area contributed by atoms with Crippen molar-refractivity contribution in [2.75, 3.05) is 17.7 Å². The van der Waals surface area contributed by atoms with Crippen molar-refractivity contribution in [3.8, 4) is 11.1 Å². The zero-order valence-electron chi connectivity index (χ0n) is 16.0. The van der Waals surface area contributed by atoms with Crippen LogP contribution in [0, 0.1) is 0 Å². The molecule has 1 atom stereocenters. The Kier molecular flexibility index (Phi) is 5.76. The predicted octanol–water partition coefficient (Wildman–Crippen LogP) is 4.53. The van der Waals surface area contributed by atoms with E-state index >= 15 is 0 Å². The molecule has 2 N–H and O–H groups in total. The maximum Gasteiger partial charge on any atom is 0.251 e. The number of anilines is 2. The van der Waals surface area contributed by atoms with E-state index in [0.717, 1.165) is 11.1 Å². The summed E-state index contributed by atoms with van der Waals surface area (Å²) in [4.78, 5) is 25.2. The van der Waals surface area contributed by atoms with Gasteiger partial charge in [0.05, 0.1) is 29.4 Å². The van der Waals surface area contributed by atoms with Gasteiger partial charge >= 0.3 is 0 Å². The summed E-state index contributed by atoms with van der Waals surface area (Å²) in [5, 5.41) is 10.9. The van der Waals surface area contributed by atoms with Crippen molar-refractivity contribution < 1.29 is 14.3 Å². The van der Waals surface area contributed by atoms with Crippen LogP contribution >= 0.6 is 23.2 Å². The number of methoxy groups -OCH3 is 1. The number of amides is 2. The zero-order valence-corrected chi connectivity index (χ0v) is 17.5. The highest BCUT2D eigenvalue weighted by Gasteiger charge is 2.37. The molecule has 2 amide bonds. The van der Waals surface area contributed by atoms with E-state index < -0.39 is 6.04 Å². The van der Waals surface area contributed by atoms with Crippen LogP contribution in [0.15, 0.2) is 48.5 Å². The Bertz CT molecular complexity index is 1110. The third-order valence-corrected chi connectivity index (χ3v) is 5.31. The smallest absolute Gasteiger partial charge is 0.251 e. The molecule has 0 fully saturated rings. The number of aromatic nitrogens is 2. The molecule has 1 aromatic heterocycles. The van der Waals surface area contributed by atoms with Crippen LogP contribution in [0.1, 0.15) is 18.2 Å². The maximum atomic E-state index is 12.6. The van der Waals surface area contributed by atoms with E-state index in [1.165, 1.54) is 0 Å². The fourth-order valence-corrected chi connectivity index (χ4v) is 3.77. The molecule has 0 saturated heterocycles. The van der Waals surface area contributed by atoms with E-state index in [1.807, 2.05) is 30.3 Å². The second kappa shape index (κ2) is 8.47. The predicted molar refractivity (Wildman–Crippen MR) is 116 cm³/mol. The van der Waals surface area contributed by atoms with Crippen LogP contribution in [-0.4, -0.2) is 28.7 Å². The molecule has 1 unspecified atom stereocenters. The third-order valence-electron chi connectivity index (χ3n) is 4.75. The van der Waals surface area contributed by atoms with Gasteiger partial charge in [0.15, 0.2) is 0 Å². The van der Waals surface area contributed by atoms with Crippen molar-refractivity contribution in [3.63, 3.8) is 0 Å². The number of rotatable bonds is 6. The second-order valence-corrected chi connectivity index (χ2v) is 7.64. The standard InChI is InChI=1S/C21H18Cl2N4O3/c1-30-11-16-19(12-5-3-2-4-6-12)20-25-21(29)17(27(20)26-16)10-18(28)24-15-9-13(22)7-8-14(15)23/h2-9,17H,10-11H2,1H3,(H,24,28)(H,25,29). The van der Waals surface area contributed by atoms with E-state index in [1.54, 1.807) is 30.0 Å². The normalized spacial score (nSPS) is 15.0. The Labute approximate surface area is 182 Å². The molecule has 2 aromatic carbocycles. The molecule has 9 heteroatoms. The lowest BCUT2D eigenvalue weighted by atomic mass is 10.1. The molecule has 1 aliphatic rings. The van der Waals surface area contributed by atoms with Crippen LogP contribution in [0.25, 0.3) is 11.1 Å². The fraction of sp³-hybridized carbons (Fsp3) is 0.190. The van der Waals surface area contributed by atoms with Crippen LogP contribution in [0.4, 0.5) is 11.5 Å². The number of nitrogens with zero attached hydrogens (tertiary/aromatic N) is 2. The first-order valence-electron chi connectivity index (χ1n) is 9.19. The van der Waals surface area contributed by atoms with Gasteiger partial charge in [-0.15, -0.1) is 0 Å². The first-order valence-corrected chi connectivity index (χ1v) is 9.95. The van der Waals surface area contributed by atoms with E-state index in [0.29, 0.717) is 27.2 Å². The second-order valence-electron chi connectivity index (χ2n) is 6.80. The zero-order chi connectivity index (χ0) is 21.3. The lowest BCUT2D eigenvalue weighted by Crippen LogP contribution is -2.24. The van der Waals surface area contributed by atoms with E-state index in [2.05, 4.69) is 15.7 Å². The molecule has 30 heavy (non-hydrogen) atoms. The van der Waals surface area contributed by atoms with E-state index in [9.17, 15) is 9.59 Å². The van der Waals surface area contributed by atoms with Gasteiger partial charge in [-0.05, 0) is 23.8 Å². The van der Waals surface area contributed by atoms with Gasteiger partial charge in [-0.3, -0.25) is 9.59 Å². The summed E-state index contributed by atoms with van der Waals surface area (Å²) in [6, 6.07) is 13.6. The summed E-state index contributed by atoms with van der Waals surface area (Å²) >= 11 is 12.1. The highest BCUT2D eigenvalue weighted by atomic mass is 35.5. The minimum atomic E-state index is -0.786. The highest BCUT2D eigenvalue weighted by molar-refractivity contribution is 6.35. The summed E-state index contributed by atoms with van der Waals surface area (Å²) in [6.45, 7) is 0.275. The molecule has 0 spiro atoms. The summed E-state index contributed by atoms with van der Waals surface area (Å²) < 4.78 is 6.83. The van der Waals surface area contributed by atoms with E-state index in [-0.39, 0.29) is 24.8 Å². The van der Waals surface area contributed by atoms with Crippen molar-refractivity contribution in [2.45, 2.75) is 19.1 Å². The molecule has 4 rings (SSSR count). The van der Waals surface area contributed by atoms with Crippen molar-refractivity contribution in [1.29, 1.82) is 0 Å². The average Bonchev–Trinajstić information content (AvgIpc) is 3.21. The number of hydrogen-bond donors (Lipinski definition) is 2. The number of halogens is 2. The minimum absolute atomic E-state index is 0.107. The van der Waals surface area contributed by atoms with Crippen molar-refractivity contribution >= 4 is 46.5 Å². The number of nitrogens with one attached hydrogen (secondary N) is 2. The molecule has 3 aromatic rings. The quantitative estimate of drug-likeness (QED) is 0.584. The number of carbonyl (C=O) groups excluding carboxylic acids is 2. The molecule has 0 saturated carbocycles. The van der Waals surface area contributed by atoms with Gasteiger partial charge in [0.25, 0.3) is 5.91 Å². The number of fused-ring (bicyclic) bond motifs is 1. The molecule has 0 bridgehead atoms. The SMILES string of the molecule is COCc1nn2c(c1-c1ccccc1)NC(=O)C2CC(=O)Nc1cc(Cl)ccc1Cl. The van der Waals surface area contributed by atoms with Crippen LogP contribution in [0.3, 0.4) is 0 Å². The molecule has 1 aliphatic heterocycles. The first-order chi connectivity index (χ1) is 14.5. The van der Waals surface area contributed by atoms with Crippen LogP contribution < -0.4 is 10.6 Å². The van der Waals surface area contributed by atoms with Crippen molar-refractivity contribution in [1.82, 2.24) is 9.78 Å². The van der Waals surface area contributed by atoms with Gasteiger partial charge in [-0.25, -0.2) is 4.68 Å². The monoisotopic (exact) mass is 444 g/mol. The summed E-state index contributed by atoms with van der Waals surface area (Å²) in [7, 11) is 1.58. The summed E-state index contributed by atoms with van der Waals surface area (Å²) in [5.74, 6) is -0.125. The first kappa shape index (κ1) is 20.4. The fourth-order valence-electron chi connectivity index (χ4n) is 3.43. The molecular weight excluding hydrogens is 427 g/mol. The van der Waals surface area contributed by atoms with Crippen LogP contribution in [-0.2, 0) is 20.9 Å². The average molecular weight is 445 g/mol. The van der Waals surface area contributed by atoms with Gasteiger partial charge in [0.1, 0.15) is 11.9 Å². The van der Waals surface area contributed by atoms with Gasteiger partial charge < -0.3 is 15.4 Å². The summed E-state index contributed by atoms with van der Waals surface area (Å²) in [5.41, 5.74) is 2.76. The molecule has 2 heterocycles. The number of hydrogen-bond acceptors (Lipinski definition) is 4. The van der Waals surface area contributed by atoms with Crippen molar-refractivity contribution in [3.05, 3.63) is 64.3 Å². The Morgan fingerprint density at radius 2 is 2.00 bits per heavy atom. The maximum absolute atomic E-state index is 12.6. The highest BCUT2D eigenvalue weighted by Crippen LogP contribution is 2.39. The molecular formula is C21H18Cl2N4O3.